The molecule has 5 unspecified atom stereocenters. The molecule has 2 fully saturated rings. The van der Waals surface area contributed by atoms with Gasteiger partial charge in [-0.1, -0.05) is 41.5 Å². The Bertz CT molecular complexity index is 619. The maximum absolute atomic E-state index is 12.0. The van der Waals surface area contributed by atoms with Crippen LogP contribution in [0.5, 0.6) is 0 Å². The molecule has 7 heteroatoms. The second-order valence-corrected chi connectivity index (χ2v) is 15.5. The fourth-order valence-corrected chi connectivity index (χ4v) is 10.9. The zero-order valence-corrected chi connectivity index (χ0v) is 19.2. The summed E-state index contributed by atoms with van der Waals surface area (Å²) in [7, 11) is -2.60. The highest BCUT2D eigenvalue weighted by Gasteiger charge is 2.68. The molecule has 0 N–H and O–H groups in total. The Labute approximate surface area is 162 Å². The molecule has 3 heterocycles. The lowest BCUT2D eigenvalue weighted by molar-refractivity contribution is -0.206. The molecule has 0 amide bonds. The minimum Gasteiger partial charge on any atom is -0.467 e. The standard InChI is InChI=1S/C19H32O5SSi/c1-10(20)15-12(3)22-17-16(25-15)14-13(11(2)21-17)23-26(24-14,18(4,5)6)19(7,8)9/h11,13-14,16-17H,1-9H3. The molecule has 5 nitrogen and oxygen atoms in total. The van der Waals surface area contributed by atoms with E-state index in [-0.39, 0.29) is 39.4 Å². The molecule has 26 heavy (non-hydrogen) atoms. The van der Waals surface area contributed by atoms with E-state index in [1.165, 1.54) is 11.8 Å². The van der Waals surface area contributed by atoms with Crippen LogP contribution in [-0.2, 0) is 23.1 Å². The molecule has 3 aliphatic heterocycles. The number of ketones is 1. The van der Waals surface area contributed by atoms with E-state index in [9.17, 15) is 4.79 Å². The summed E-state index contributed by atoms with van der Waals surface area (Å²) < 4.78 is 25.8. The zero-order chi connectivity index (χ0) is 19.7. The molecule has 2 saturated heterocycles. The molecule has 0 saturated carbocycles. The first-order chi connectivity index (χ1) is 11.8. The molecule has 0 spiro atoms. The van der Waals surface area contributed by atoms with Crippen LogP contribution in [0.3, 0.4) is 0 Å². The Kier molecular flexibility index (Phi) is 4.97. The van der Waals surface area contributed by atoms with Gasteiger partial charge >= 0.3 is 8.56 Å². The zero-order valence-electron chi connectivity index (χ0n) is 17.3. The van der Waals surface area contributed by atoms with Crippen molar-refractivity contribution in [3.05, 3.63) is 10.7 Å². The summed E-state index contributed by atoms with van der Waals surface area (Å²) in [5.74, 6) is 0.665. The Morgan fingerprint density at radius 2 is 1.58 bits per heavy atom. The van der Waals surface area contributed by atoms with Crippen molar-refractivity contribution in [2.45, 2.75) is 102 Å². The SMILES string of the molecule is CC(=O)C1=C(C)OC2OC(C)C3O[Si](C(C)(C)C)(C(C)(C)C)OC3C2S1. The minimum atomic E-state index is -2.60. The normalized spacial score (nSPS) is 37.0. The number of carbonyl (C=O) groups is 1. The molecule has 0 radical (unpaired) electrons. The summed E-state index contributed by atoms with van der Waals surface area (Å²) in [4.78, 5) is 12.7. The predicted octanol–water partition coefficient (Wildman–Crippen LogP) is 4.51. The van der Waals surface area contributed by atoms with Crippen molar-refractivity contribution in [2.75, 3.05) is 0 Å². The van der Waals surface area contributed by atoms with Crippen LogP contribution in [0.25, 0.3) is 0 Å². The fraction of sp³-hybridized carbons (Fsp3) is 0.842. The number of allylic oxidation sites excluding steroid dienone is 2. The first kappa shape index (κ1) is 20.4. The van der Waals surface area contributed by atoms with Crippen LogP contribution in [0.15, 0.2) is 10.7 Å². The number of thioether (sulfide) groups is 1. The Balaban J connectivity index is 2.00. The molecule has 5 atom stereocenters. The number of hydrogen-bond acceptors (Lipinski definition) is 6. The van der Waals surface area contributed by atoms with E-state index in [4.69, 9.17) is 18.3 Å². The van der Waals surface area contributed by atoms with Gasteiger partial charge < -0.3 is 18.3 Å². The number of ether oxygens (including phenoxy) is 2. The van der Waals surface area contributed by atoms with Crippen LogP contribution in [0.1, 0.15) is 62.3 Å². The highest BCUT2D eigenvalue weighted by molar-refractivity contribution is 8.04. The average Bonchev–Trinajstić information content (AvgIpc) is 2.88. The van der Waals surface area contributed by atoms with Gasteiger partial charge in [-0.15, -0.1) is 11.8 Å². The Hall–Kier alpha value is -0.343. The van der Waals surface area contributed by atoms with E-state index in [1.807, 2.05) is 13.8 Å². The smallest absolute Gasteiger partial charge is 0.350 e. The molecule has 148 valence electrons. The van der Waals surface area contributed by atoms with Crippen molar-refractivity contribution in [1.82, 2.24) is 0 Å². The van der Waals surface area contributed by atoms with Gasteiger partial charge in [0.2, 0.25) is 6.29 Å². The maximum Gasteiger partial charge on any atom is 0.350 e. The lowest BCUT2D eigenvalue weighted by Gasteiger charge is -2.46. The number of rotatable bonds is 1. The fourth-order valence-electron chi connectivity index (χ4n) is 4.51. The van der Waals surface area contributed by atoms with Gasteiger partial charge in [-0.2, -0.15) is 0 Å². The Morgan fingerprint density at radius 3 is 2.08 bits per heavy atom. The molecule has 0 aliphatic carbocycles. The van der Waals surface area contributed by atoms with E-state index in [0.29, 0.717) is 10.7 Å². The lowest BCUT2D eigenvalue weighted by Crippen LogP contribution is -2.56. The highest BCUT2D eigenvalue weighted by atomic mass is 32.2. The highest BCUT2D eigenvalue weighted by Crippen LogP contribution is 2.59. The number of Topliss-reactive ketones (excluding diaryl/α,β-unsaturated/α-hetero) is 1. The van der Waals surface area contributed by atoms with Gasteiger partial charge in [0.25, 0.3) is 0 Å². The maximum atomic E-state index is 12.0. The summed E-state index contributed by atoms with van der Waals surface area (Å²) >= 11 is 1.53. The lowest BCUT2D eigenvalue weighted by atomic mass is 10.0. The largest absolute Gasteiger partial charge is 0.467 e. The summed E-state index contributed by atoms with van der Waals surface area (Å²) in [6.45, 7) is 18.7. The van der Waals surface area contributed by atoms with Gasteiger partial charge in [0.15, 0.2) is 5.78 Å². The number of fused-ring (bicyclic) bond motifs is 3. The molecule has 3 rings (SSSR count). The molecule has 0 bridgehead atoms. The van der Waals surface area contributed by atoms with Crippen LogP contribution in [0, 0.1) is 0 Å². The van der Waals surface area contributed by atoms with E-state index in [0.717, 1.165) is 0 Å². The van der Waals surface area contributed by atoms with Crippen molar-refractivity contribution >= 4 is 26.1 Å². The van der Waals surface area contributed by atoms with Crippen LogP contribution in [0.2, 0.25) is 10.1 Å². The number of hydrogen-bond donors (Lipinski definition) is 0. The molecular weight excluding hydrogens is 368 g/mol. The van der Waals surface area contributed by atoms with Gasteiger partial charge in [-0.25, -0.2) is 0 Å². The van der Waals surface area contributed by atoms with E-state index < -0.39 is 14.9 Å². The third-order valence-corrected chi connectivity index (χ3v) is 12.2. The van der Waals surface area contributed by atoms with Crippen molar-refractivity contribution in [2.24, 2.45) is 0 Å². The summed E-state index contributed by atoms with van der Waals surface area (Å²) in [6, 6.07) is 0. The summed E-state index contributed by atoms with van der Waals surface area (Å²) in [6.07, 6.45) is -0.800. The van der Waals surface area contributed by atoms with Crippen LogP contribution in [0.4, 0.5) is 0 Å². The van der Waals surface area contributed by atoms with E-state index >= 15 is 0 Å². The van der Waals surface area contributed by atoms with Gasteiger partial charge in [-0.05, 0) is 20.8 Å². The van der Waals surface area contributed by atoms with Crippen molar-refractivity contribution in [3.63, 3.8) is 0 Å². The average molecular weight is 401 g/mol. The number of carbonyl (C=O) groups excluding carboxylic acids is 1. The first-order valence-corrected chi connectivity index (χ1v) is 12.0. The van der Waals surface area contributed by atoms with Gasteiger partial charge in [-0.3, -0.25) is 4.79 Å². The monoisotopic (exact) mass is 400 g/mol. The quantitative estimate of drug-likeness (QED) is 0.604. The van der Waals surface area contributed by atoms with Crippen molar-refractivity contribution in [3.8, 4) is 0 Å². The topological polar surface area (TPSA) is 54.0 Å². The van der Waals surface area contributed by atoms with Gasteiger partial charge in [0.05, 0.1) is 28.5 Å². The van der Waals surface area contributed by atoms with Gasteiger partial charge in [0, 0.05) is 10.1 Å². The summed E-state index contributed by atoms with van der Waals surface area (Å²) in [5, 5.41) is -0.279. The van der Waals surface area contributed by atoms with Crippen LogP contribution in [-0.4, -0.2) is 44.2 Å². The second-order valence-electron chi connectivity index (χ2n) is 9.63. The second kappa shape index (κ2) is 6.34. The van der Waals surface area contributed by atoms with Crippen molar-refractivity contribution < 1.29 is 23.1 Å². The molecular formula is C19H32O5SSi. The molecule has 0 aromatic heterocycles. The third-order valence-electron chi connectivity index (χ3n) is 5.49. The summed E-state index contributed by atoms with van der Waals surface area (Å²) in [5.41, 5.74) is 0. The molecule has 0 aromatic carbocycles. The van der Waals surface area contributed by atoms with Crippen LogP contribution < -0.4 is 0 Å². The molecule has 0 aromatic rings. The molecule has 3 aliphatic rings. The predicted molar refractivity (Wildman–Crippen MR) is 105 cm³/mol. The third kappa shape index (κ3) is 3.00. The van der Waals surface area contributed by atoms with E-state index in [1.54, 1.807) is 6.92 Å². The van der Waals surface area contributed by atoms with E-state index in [2.05, 4.69) is 41.5 Å². The van der Waals surface area contributed by atoms with Gasteiger partial charge in [0.1, 0.15) is 5.76 Å². The van der Waals surface area contributed by atoms with Crippen LogP contribution >= 0.6 is 11.8 Å². The van der Waals surface area contributed by atoms with Crippen molar-refractivity contribution in [1.29, 1.82) is 0 Å². The minimum absolute atomic E-state index is 0.0233. The Morgan fingerprint density at radius 1 is 1.04 bits per heavy atom. The first-order valence-electron chi connectivity index (χ1n) is 9.35.